The summed E-state index contributed by atoms with van der Waals surface area (Å²) in [5.74, 6) is -0.783. The SMILES string of the molecule is COC(=O)[C@H]1CCC(=O)N1CN(C(C)=O)c1ccccc1. The number of para-hydroxylation sites is 1. The summed E-state index contributed by atoms with van der Waals surface area (Å²) in [5, 5.41) is 0. The lowest BCUT2D eigenvalue weighted by molar-refractivity contribution is -0.149. The highest BCUT2D eigenvalue weighted by atomic mass is 16.5. The molecule has 0 radical (unpaired) electrons. The van der Waals surface area contributed by atoms with Crippen LogP contribution in [0.5, 0.6) is 0 Å². The van der Waals surface area contributed by atoms with Gasteiger partial charge in [0, 0.05) is 19.0 Å². The molecule has 21 heavy (non-hydrogen) atoms. The number of hydrogen-bond donors (Lipinski definition) is 0. The van der Waals surface area contributed by atoms with E-state index in [-0.39, 0.29) is 18.5 Å². The molecule has 1 aromatic rings. The molecule has 0 aliphatic carbocycles. The minimum absolute atomic E-state index is 0.0535. The minimum atomic E-state index is -0.618. The number of amides is 2. The van der Waals surface area contributed by atoms with Crippen molar-refractivity contribution >= 4 is 23.5 Å². The van der Waals surface area contributed by atoms with Crippen molar-refractivity contribution in [2.24, 2.45) is 0 Å². The van der Waals surface area contributed by atoms with E-state index in [0.29, 0.717) is 18.5 Å². The average Bonchev–Trinajstić information content (AvgIpc) is 2.85. The lowest BCUT2D eigenvalue weighted by Crippen LogP contribution is -2.47. The molecule has 2 rings (SSSR count). The van der Waals surface area contributed by atoms with Crippen LogP contribution in [0, 0.1) is 0 Å². The number of nitrogens with zero attached hydrogens (tertiary/aromatic N) is 2. The maximum absolute atomic E-state index is 12.0. The largest absolute Gasteiger partial charge is 0.467 e. The Kier molecular flexibility index (Phi) is 4.57. The molecule has 1 heterocycles. The maximum Gasteiger partial charge on any atom is 0.328 e. The van der Waals surface area contributed by atoms with E-state index in [1.807, 2.05) is 18.2 Å². The third kappa shape index (κ3) is 3.21. The fourth-order valence-electron chi connectivity index (χ4n) is 2.42. The smallest absolute Gasteiger partial charge is 0.328 e. The van der Waals surface area contributed by atoms with Gasteiger partial charge in [-0.1, -0.05) is 18.2 Å². The predicted molar refractivity (Wildman–Crippen MR) is 76.4 cm³/mol. The highest BCUT2D eigenvalue weighted by molar-refractivity contribution is 5.93. The number of likely N-dealkylation sites (tertiary alicyclic amines) is 1. The zero-order valence-electron chi connectivity index (χ0n) is 12.1. The van der Waals surface area contributed by atoms with Gasteiger partial charge in [0.15, 0.2) is 0 Å². The molecule has 6 nitrogen and oxygen atoms in total. The van der Waals surface area contributed by atoms with Crippen molar-refractivity contribution in [3.05, 3.63) is 30.3 Å². The molecule has 1 aliphatic heterocycles. The standard InChI is InChI=1S/C15H18N2O4/c1-11(18)16(12-6-4-3-5-7-12)10-17-13(15(20)21-2)8-9-14(17)19/h3-7,13H,8-10H2,1-2H3/t13-/m1/s1. The number of hydrogen-bond acceptors (Lipinski definition) is 4. The quantitative estimate of drug-likeness (QED) is 0.780. The summed E-state index contributed by atoms with van der Waals surface area (Å²) in [6.07, 6.45) is 0.715. The van der Waals surface area contributed by atoms with E-state index in [4.69, 9.17) is 4.74 Å². The van der Waals surface area contributed by atoms with Crippen LogP contribution < -0.4 is 4.90 Å². The van der Waals surface area contributed by atoms with Gasteiger partial charge in [-0.3, -0.25) is 14.5 Å². The number of rotatable bonds is 4. The molecule has 1 aliphatic rings. The van der Waals surface area contributed by atoms with E-state index in [1.165, 1.54) is 23.8 Å². The number of methoxy groups -OCH3 is 1. The Morgan fingerprint density at radius 2 is 2.00 bits per heavy atom. The number of carbonyl (C=O) groups excluding carboxylic acids is 3. The molecule has 6 heteroatoms. The molecule has 112 valence electrons. The summed E-state index contributed by atoms with van der Waals surface area (Å²) in [4.78, 5) is 38.4. The van der Waals surface area contributed by atoms with Gasteiger partial charge in [-0.25, -0.2) is 4.79 Å². The highest BCUT2D eigenvalue weighted by Gasteiger charge is 2.38. The molecule has 1 fully saturated rings. The molecular weight excluding hydrogens is 272 g/mol. The summed E-state index contributed by atoms with van der Waals surface area (Å²) in [6.45, 7) is 1.48. The second-order valence-corrected chi connectivity index (χ2v) is 4.87. The van der Waals surface area contributed by atoms with E-state index >= 15 is 0 Å². The Morgan fingerprint density at radius 3 is 2.57 bits per heavy atom. The van der Waals surface area contributed by atoms with Gasteiger partial charge in [0.25, 0.3) is 0 Å². The monoisotopic (exact) mass is 290 g/mol. The van der Waals surface area contributed by atoms with Crippen molar-refractivity contribution in [1.82, 2.24) is 4.90 Å². The van der Waals surface area contributed by atoms with Crippen LogP contribution in [-0.2, 0) is 19.1 Å². The molecule has 0 spiro atoms. The van der Waals surface area contributed by atoms with Crippen LogP contribution in [0.3, 0.4) is 0 Å². The second kappa shape index (κ2) is 6.39. The molecule has 2 amide bonds. The number of ether oxygens (including phenoxy) is 1. The molecule has 0 saturated carbocycles. The van der Waals surface area contributed by atoms with Crippen LogP contribution in [0.4, 0.5) is 5.69 Å². The Morgan fingerprint density at radius 1 is 1.33 bits per heavy atom. The number of carbonyl (C=O) groups is 3. The first-order chi connectivity index (χ1) is 10.0. The minimum Gasteiger partial charge on any atom is -0.467 e. The number of benzene rings is 1. The van der Waals surface area contributed by atoms with Crippen LogP contribution in [-0.4, -0.2) is 42.5 Å². The lowest BCUT2D eigenvalue weighted by atomic mass is 10.2. The van der Waals surface area contributed by atoms with Gasteiger partial charge in [-0.15, -0.1) is 0 Å². The van der Waals surface area contributed by atoms with Crippen LogP contribution in [0.1, 0.15) is 19.8 Å². The van der Waals surface area contributed by atoms with Crippen LogP contribution in [0.25, 0.3) is 0 Å². The molecule has 0 N–H and O–H groups in total. The highest BCUT2D eigenvalue weighted by Crippen LogP contribution is 2.22. The number of anilines is 1. The first-order valence-electron chi connectivity index (χ1n) is 6.75. The van der Waals surface area contributed by atoms with E-state index in [9.17, 15) is 14.4 Å². The van der Waals surface area contributed by atoms with Crippen LogP contribution in [0.15, 0.2) is 30.3 Å². The van der Waals surface area contributed by atoms with E-state index in [1.54, 1.807) is 12.1 Å². The summed E-state index contributed by atoms with van der Waals surface area (Å²) >= 11 is 0. The summed E-state index contributed by atoms with van der Waals surface area (Å²) < 4.78 is 4.72. The van der Waals surface area contributed by atoms with Gasteiger partial charge >= 0.3 is 5.97 Å². The summed E-state index contributed by atoms with van der Waals surface area (Å²) in [6, 6.07) is 8.43. The molecule has 0 bridgehead atoms. The van der Waals surface area contributed by atoms with Gasteiger partial charge in [-0.05, 0) is 18.6 Å². The normalized spacial score (nSPS) is 17.7. The summed E-state index contributed by atoms with van der Waals surface area (Å²) in [5.41, 5.74) is 0.688. The fraction of sp³-hybridized carbons (Fsp3) is 0.400. The van der Waals surface area contributed by atoms with Crippen molar-refractivity contribution in [1.29, 1.82) is 0 Å². The lowest BCUT2D eigenvalue weighted by Gasteiger charge is -2.30. The first kappa shape index (κ1) is 15.0. The Balaban J connectivity index is 2.21. The Labute approximate surface area is 123 Å². The van der Waals surface area contributed by atoms with Gasteiger partial charge in [0.1, 0.15) is 12.7 Å². The van der Waals surface area contributed by atoms with Crippen LogP contribution >= 0.6 is 0 Å². The molecular formula is C15H18N2O4. The Bertz CT molecular complexity index is 544. The third-order valence-electron chi connectivity index (χ3n) is 3.54. The Hall–Kier alpha value is -2.37. The van der Waals surface area contributed by atoms with Gasteiger partial charge < -0.3 is 9.64 Å². The van der Waals surface area contributed by atoms with Crippen LogP contribution in [0.2, 0.25) is 0 Å². The zero-order valence-corrected chi connectivity index (χ0v) is 12.1. The number of esters is 1. The van der Waals surface area contributed by atoms with Gasteiger partial charge in [0.05, 0.1) is 7.11 Å². The first-order valence-corrected chi connectivity index (χ1v) is 6.75. The van der Waals surface area contributed by atoms with Crippen molar-refractivity contribution in [3.63, 3.8) is 0 Å². The van der Waals surface area contributed by atoms with Crippen molar-refractivity contribution < 1.29 is 19.1 Å². The van der Waals surface area contributed by atoms with Gasteiger partial charge in [-0.2, -0.15) is 0 Å². The average molecular weight is 290 g/mol. The van der Waals surface area contributed by atoms with Crippen molar-refractivity contribution in [2.75, 3.05) is 18.7 Å². The van der Waals surface area contributed by atoms with Crippen molar-refractivity contribution in [2.45, 2.75) is 25.8 Å². The molecule has 0 aromatic heterocycles. The fourth-order valence-corrected chi connectivity index (χ4v) is 2.42. The summed E-state index contributed by atoms with van der Waals surface area (Å²) in [7, 11) is 1.29. The topological polar surface area (TPSA) is 66.9 Å². The van der Waals surface area contributed by atoms with Crippen molar-refractivity contribution in [3.8, 4) is 0 Å². The maximum atomic E-state index is 12.0. The second-order valence-electron chi connectivity index (χ2n) is 4.87. The molecule has 1 atom stereocenters. The molecule has 0 unspecified atom stereocenters. The van der Waals surface area contributed by atoms with E-state index < -0.39 is 12.0 Å². The predicted octanol–water partition coefficient (Wildman–Crippen LogP) is 1.16. The van der Waals surface area contributed by atoms with E-state index in [0.717, 1.165) is 0 Å². The van der Waals surface area contributed by atoms with Gasteiger partial charge in [0.2, 0.25) is 11.8 Å². The zero-order chi connectivity index (χ0) is 15.4. The third-order valence-corrected chi connectivity index (χ3v) is 3.54. The molecule has 1 aromatic carbocycles. The van der Waals surface area contributed by atoms with E-state index in [2.05, 4.69) is 0 Å². The molecule has 1 saturated heterocycles.